The van der Waals surface area contributed by atoms with Gasteiger partial charge in [-0.15, -0.1) is 0 Å². The van der Waals surface area contributed by atoms with Gasteiger partial charge in [0.1, 0.15) is 6.54 Å². The van der Waals surface area contributed by atoms with Crippen LogP contribution in [0.3, 0.4) is 0 Å². The first-order valence-electron chi connectivity index (χ1n) is 12.2. The predicted molar refractivity (Wildman–Crippen MR) is 159 cm³/mol. The van der Waals surface area contributed by atoms with Crippen LogP contribution in [-0.4, -0.2) is 29.3 Å². The molecular weight excluding hydrogens is 570 g/mol. The van der Waals surface area contributed by atoms with E-state index in [-0.39, 0.29) is 9.79 Å². The number of anilines is 3. The molecule has 0 aliphatic heterocycles. The van der Waals surface area contributed by atoms with Crippen molar-refractivity contribution in [1.82, 2.24) is 0 Å². The second kappa shape index (κ2) is 11.7. The fourth-order valence-corrected chi connectivity index (χ4v) is 6.61. The molecule has 0 aliphatic rings. The second-order valence-electron chi connectivity index (χ2n) is 9.23. The Bertz CT molecular complexity index is 1760. The highest BCUT2D eigenvalue weighted by Gasteiger charge is 2.28. The quantitative estimate of drug-likeness (QED) is 0.249. The van der Waals surface area contributed by atoms with Crippen LogP contribution in [-0.2, 0) is 24.8 Å². The van der Waals surface area contributed by atoms with E-state index in [4.69, 9.17) is 11.6 Å². The molecule has 0 unspecified atom stereocenters. The molecule has 1 amide bonds. The van der Waals surface area contributed by atoms with Gasteiger partial charge in [0.25, 0.3) is 20.0 Å². The van der Waals surface area contributed by atoms with Crippen molar-refractivity contribution >= 4 is 54.6 Å². The van der Waals surface area contributed by atoms with Gasteiger partial charge in [0.2, 0.25) is 5.91 Å². The summed E-state index contributed by atoms with van der Waals surface area (Å²) >= 11 is 5.94. The molecule has 0 bridgehead atoms. The second-order valence-corrected chi connectivity index (χ2v) is 13.2. The van der Waals surface area contributed by atoms with Gasteiger partial charge in [0, 0.05) is 16.4 Å². The molecule has 40 heavy (non-hydrogen) atoms. The van der Waals surface area contributed by atoms with Crippen LogP contribution >= 0.6 is 11.6 Å². The largest absolute Gasteiger partial charge is 0.325 e. The van der Waals surface area contributed by atoms with Crippen molar-refractivity contribution in [3.8, 4) is 0 Å². The Hall–Kier alpha value is -3.86. The first-order chi connectivity index (χ1) is 18.9. The SMILES string of the molecule is Cc1ccc(NS(=O)(=O)c2ccc(NC(=O)CN(c3ccccc3C)S(=O)(=O)c3ccc(Cl)cc3)cc2)cc1C. The normalized spacial score (nSPS) is 11.6. The minimum Gasteiger partial charge on any atom is -0.325 e. The van der Waals surface area contributed by atoms with Gasteiger partial charge in [0.05, 0.1) is 15.5 Å². The lowest BCUT2D eigenvalue weighted by molar-refractivity contribution is -0.114. The Morgan fingerprint density at radius 3 is 1.95 bits per heavy atom. The summed E-state index contributed by atoms with van der Waals surface area (Å²) in [5.41, 5.74) is 3.77. The summed E-state index contributed by atoms with van der Waals surface area (Å²) < 4.78 is 56.4. The Morgan fingerprint density at radius 1 is 0.725 bits per heavy atom. The molecule has 0 aromatic heterocycles. The van der Waals surface area contributed by atoms with Crippen LogP contribution < -0.4 is 14.3 Å². The first-order valence-corrected chi connectivity index (χ1v) is 15.5. The van der Waals surface area contributed by atoms with Crippen LogP contribution in [0.25, 0.3) is 0 Å². The molecule has 0 aliphatic carbocycles. The van der Waals surface area contributed by atoms with Crippen LogP contribution in [0.5, 0.6) is 0 Å². The van der Waals surface area contributed by atoms with Crippen LogP contribution in [0.1, 0.15) is 16.7 Å². The number of benzene rings is 4. The van der Waals surface area contributed by atoms with E-state index in [2.05, 4.69) is 10.0 Å². The summed E-state index contributed by atoms with van der Waals surface area (Å²) in [6.07, 6.45) is 0. The van der Waals surface area contributed by atoms with Crippen LogP contribution in [0.2, 0.25) is 5.02 Å². The zero-order valence-electron chi connectivity index (χ0n) is 22.1. The van der Waals surface area contributed by atoms with Crippen molar-refractivity contribution in [1.29, 1.82) is 0 Å². The number of amides is 1. The highest BCUT2D eigenvalue weighted by molar-refractivity contribution is 7.93. The smallest absolute Gasteiger partial charge is 0.264 e. The van der Waals surface area contributed by atoms with Gasteiger partial charge >= 0.3 is 0 Å². The Labute approximate surface area is 239 Å². The maximum absolute atomic E-state index is 13.6. The number of sulfonamides is 2. The minimum atomic E-state index is -4.12. The molecule has 0 heterocycles. The highest BCUT2D eigenvalue weighted by atomic mass is 35.5. The van der Waals surface area contributed by atoms with Crippen molar-refractivity contribution in [3.05, 3.63) is 113 Å². The summed E-state index contributed by atoms with van der Waals surface area (Å²) in [5, 5.41) is 3.04. The van der Waals surface area contributed by atoms with Gasteiger partial charge in [0.15, 0.2) is 0 Å². The number of aryl methyl sites for hydroxylation is 3. The highest BCUT2D eigenvalue weighted by Crippen LogP contribution is 2.28. The fraction of sp³-hybridized carbons (Fsp3) is 0.138. The summed E-state index contributed by atoms with van der Waals surface area (Å²) in [5.74, 6) is -0.607. The molecule has 4 aromatic carbocycles. The molecule has 0 spiro atoms. The molecular formula is C29H28ClN3O5S2. The minimum absolute atomic E-state index is 0.00980. The number of nitrogens with one attached hydrogen (secondary N) is 2. The van der Waals surface area contributed by atoms with Crippen LogP contribution in [0, 0.1) is 20.8 Å². The number of hydrogen-bond donors (Lipinski definition) is 2. The van der Waals surface area contributed by atoms with E-state index in [0.717, 1.165) is 15.4 Å². The van der Waals surface area contributed by atoms with E-state index < -0.39 is 32.5 Å². The molecule has 208 valence electrons. The van der Waals surface area contributed by atoms with Crippen LogP contribution in [0.15, 0.2) is 101 Å². The molecule has 11 heteroatoms. The molecule has 2 N–H and O–H groups in total. The monoisotopic (exact) mass is 597 g/mol. The Kier molecular flexibility index (Phi) is 8.53. The number of para-hydroxylation sites is 1. The molecule has 0 saturated heterocycles. The summed E-state index contributed by atoms with van der Waals surface area (Å²) in [6, 6.07) is 23.4. The Morgan fingerprint density at radius 2 is 1.32 bits per heavy atom. The third kappa shape index (κ3) is 6.64. The lowest BCUT2D eigenvalue weighted by Gasteiger charge is -2.25. The van der Waals surface area contributed by atoms with Crippen molar-refractivity contribution in [2.75, 3.05) is 20.9 Å². The summed E-state index contributed by atoms with van der Waals surface area (Å²) in [6.45, 7) is 5.08. The van der Waals surface area contributed by atoms with Crippen molar-refractivity contribution < 1.29 is 21.6 Å². The van der Waals surface area contributed by atoms with E-state index in [1.165, 1.54) is 48.5 Å². The number of nitrogens with zero attached hydrogens (tertiary/aromatic N) is 1. The molecule has 0 fully saturated rings. The summed E-state index contributed by atoms with van der Waals surface area (Å²) in [4.78, 5) is 13.0. The van der Waals surface area contributed by atoms with E-state index in [0.29, 0.717) is 27.6 Å². The number of halogens is 1. The van der Waals surface area contributed by atoms with E-state index in [1.807, 2.05) is 19.9 Å². The van der Waals surface area contributed by atoms with Gasteiger partial charge in [-0.05, 0) is 104 Å². The molecule has 4 rings (SSSR count). The average molecular weight is 598 g/mol. The van der Waals surface area contributed by atoms with E-state index >= 15 is 0 Å². The van der Waals surface area contributed by atoms with Gasteiger partial charge in [-0.3, -0.25) is 13.8 Å². The topological polar surface area (TPSA) is 113 Å². The zero-order chi connectivity index (χ0) is 29.1. The molecule has 0 atom stereocenters. The van der Waals surface area contributed by atoms with E-state index in [9.17, 15) is 21.6 Å². The maximum Gasteiger partial charge on any atom is 0.264 e. The van der Waals surface area contributed by atoms with Crippen molar-refractivity contribution in [2.45, 2.75) is 30.6 Å². The third-order valence-corrected chi connectivity index (χ3v) is 9.70. The van der Waals surface area contributed by atoms with Crippen LogP contribution in [0.4, 0.5) is 17.1 Å². The fourth-order valence-electron chi connectivity index (χ4n) is 3.94. The van der Waals surface area contributed by atoms with E-state index in [1.54, 1.807) is 43.3 Å². The zero-order valence-corrected chi connectivity index (χ0v) is 24.4. The van der Waals surface area contributed by atoms with Crippen molar-refractivity contribution in [3.63, 3.8) is 0 Å². The molecule has 0 radical (unpaired) electrons. The summed E-state index contributed by atoms with van der Waals surface area (Å²) in [7, 11) is -7.98. The molecule has 4 aromatic rings. The maximum atomic E-state index is 13.6. The van der Waals surface area contributed by atoms with Gasteiger partial charge in [-0.1, -0.05) is 35.9 Å². The van der Waals surface area contributed by atoms with Crippen molar-refractivity contribution in [2.24, 2.45) is 0 Å². The first kappa shape index (κ1) is 29.1. The Balaban J connectivity index is 1.53. The third-order valence-electron chi connectivity index (χ3n) is 6.28. The predicted octanol–water partition coefficient (Wildman–Crippen LogP) is 5.90. The van der Waals surface area contributed by atoms with Gasteiger partial charge in [-0.25, -0.2) is 16.8 Å². The number of rotatable bonds is 9. The van der Waals surface area contributed by atoms with Gasteiger partial charge < -0.3 is 5.32 Å². The van der Waals surface area contributed by atoms with Gasteiger partial charge in [-0.2, -0.15) is 0 Å². The number of carbonyl (C=O) groups is 1. The number of hydrogen-bond acceptors (Lipinski definition) is 5. The lowest BCUT2D eigenvalue weighted by atomic mass is 10.1. The standard InChI is InChI=1S/C29H28ClN3O5S2/c1-20-8-11-25(18-22(20)3)32-39(35,36)26-16-12-24(13-17-26)31-29(34)19-33(28-7-5-4-6-21(28)2)40(37,38)27-14-9-23(30)10-15-27/h4-18,32H,19H2,1-3H3,(H,31,34). The molecule has 8 nitrogen and oxygen atoms in total. The average Bonchev–Trinajstić information content (AvgIpc) is 2.90. The number of carbonyl (C=O) groups excluding carboxylic acids is 1. The molecule has 0 saturated carbocycles. The lowest BCUT2D eigenvalue weighted by Crippen LogP contribution is -2.38.